The zero-order chi connectivity index (χ0) is 15.6. The molecule has 0 atom stereocenters. The van der Waals surface area contributed by atoms with Crippen LogP contribution in [0.25, 0.3) is 0 Å². The fourth-order valence-corrected chi connectivity index (χ4v) is 2.58. The molecule has 1 aromatic rings. The predicted octanol–water partition coefficient (Wildman–Crippen LogP) is 4.65. The molecule has 0 saturated carbocycles. The van der Waals surface area contributed by atoms with Crippen molar-refractivity contribution in [2.45, 2.75) is 25.7 Å². The molecule has 1 aliphatic heterocycles. The lowest BCUT2D eigenvalue weighted by atomic mass is 9.90. The third-order valence-electron chi connectivity index (χ3n) is 3.80. The highest BCUT2D eigenvalue weighted by atomic mass is 16.5. The highest BCUT2D eigenvalue weighted by Gasteiger charge is 2.24. The second-order valence-corrected chi connectivity index (χ2v) is 5.29. The molecule has 0 spiro atoms. The van der Waals surface area contributed by atoms with Crippen molar-refractivity contribution in [3.05, 3.63) is 72.5 Å². The number of likely N-dealkylation sites (tertiary alicyclic amines) is 1. The summed E-state index contributed by atoms with van der Waals surface area (Å²) in [6.07, 6.45) is 12.4. The number of allylic oxidation sites excluding steroid dienone is 5. The van der Waals surface area contributed by atoms with Crippen LogP contribution in [-0.4, -0.2) is 24.1 Å². The molecule has 1 aliphatic rings. The number of ether oxygens (including phenoxy) is 1. The van der Waals surface area contributed by atoms with Crippen LogP contribution in [0, 0.1) is 0 Å². The van der Waals surface area contributed by atoms with Gasteiger partial charge in [-0.15, -0.1) is 0 Å². The Kier molecular flexibility index (Phi) is 6.49. The standard InChI is InChI=1S/C19H23NO2/c1-2-3-4-5-9-16-22-19(21)20-14-12-18(13-15-20)17-10-7-6-8-11-17/h2-11,16,18H,12-15H2,1H3/b3-2-,5-4-,16-9+. The Bertz CT molecular complexity index is 538. The van der Waals surface area contributed by atoms with E-state index in [0.717, 1.165) is 25.9 Å². The smallest absolute Gasteiger partial charge is 0.414 e. The third kappa shape index (κ3) is 4.92. The van der Waals surface area contributed by atoms with Gasteiger partial charge < -0.3 is 9.64 Å². The van der Waals surface area contributed by atoms with E-state index in [4.69, 9.17) is 4.74 Å². The first kappa shape index (κ1) is 16.1. The molecule has 116 valence electrons. The molecule has 1 aromatic carbocycles. The summed E-state index contributed by atoms with van der Waals surface area (Å²) in [5.41, 5.74) is 1.37. The lowest BCUT2D eigenvalue weighted by Gasteiger charge is -2.31. The molecule has 1 amide bonds. The molecule has 3 nitrogen and oxygen atoms in total. The van der Waals surface area contributed by atoms with Gasteiger partial charge in [0.25, 0.3) is 0 Å². The molecule has 0 N–H and O–H groups in total. The van der Waals surface area contributed by atoms with E-state index in [1.165, 1.54) is 11.8 Å². The van der Waals surface area contributed by atoms with Crippen molar-refractivity contribution in [2.24, 2.45) is 0 Å². The molecule has 0 unspecified atom stereocenters. The molecule has 1 saturated heterocycles. The molecular formula is C19H23NO2. The molecule has 0 aliphatic carbocycles. The number of benzene rings is 1. The number of carbonyl (C=O) groups is 1. The van der Waals surface area contributed by atoms with E-state index in [1.807, 2.05) is 37.3 Å². The second-order valence-electron chi connectivity index (χ2n) is 5.29. The number of amides is 1. The Morgan fingerprint density at radius 1 is 1.09 bits per heavy atom. The van der Waals surface area contributed by atoms with Crippen molar-refractivity contribution in [2.75, 3.05) is 13.1 Å². The van der Waals surface area contributed by atoms with Gasteiger partial charge in [-0.2, -0.15) is 0 Å². The first-order valence-electron chi connectivity index (χ1n) is 7.76. The maximum Gasteiger partial charge on any atom is 0.414 e. The minimum absolute atomic E-state index is 0.262. The minimum Gasteiger partial charge on any atom is -0.418 e. The second kappa shape index (κ2) is 8.88. The lowest BCUT2D eigenvalue weighted by molar-refractivity contribution is 0.124. The summed E-state index contributed by atoms with van der Waals surface area (Å²) in [6, 6.07) is 10.5. The summed E-state index contributed by atoms with van der Waals surface area (Å²) in [5, 5.41) is 0. The summed E-state index contributed by atoms with van der Waals surface area (Å²) in [7, 11) is 0. The molecule has 0 radical (unpaired) electrons. The fourth-order valence-electron chi connectivity index (χ4n) is 2.58. The van der Waals surface area contributed by atoms with Crippen molar-refractivity contribution in [1.29, 1.82) is 0 Å². The summed E-state index contributed by atoms with van der Waals surface area (Å²) in [5.74, 6) is 0.546. The van der Waals surface area contributed by atoms with Gasteiger partial charge in [0, 0.05) is 13.1 Å². The van der Waals surface area contributed by atoms with E-state index in [2.05, 4.69) is 24.3 Å². The van der Waals surface area contributed by atoms with Gasteiger partial charge in [0.05, 0.1) is 6.26 Å². The van der Waals surface area contributed by atoms with Crippen molar-refractivity contribution in [1.82, 2.24) is 4.90 Å². The molecular weight excluding hydrogens is 274 g/mol. The Labute approximate surface area is 132 Å². The maximum atomic E-state index is 11.9. The van der Waals surface area contributed by atoms with E-state index >= 15 is 0 Å². The van der Waals surface area contributed by atoms with Gasteiger partial charge >= 0.3 is 6.09 Å². The monoisotopic (exact) mass is 297 g/mol. The summed E-state index contributed by atoms with van der Waals surface area (Å²) < 4.78 is 5.13. The Morgan fingerprint density at radius 2 is 1.77 bits per heavy atom. The largest absolute Gasteiger partial charge is 0.418 e. The van der Waals surface area contributed by atoms with Crippen LogP contribution in [0.5, 0.6) is 0 Å². The highest BCUT2D eigenvalue weighted by molar-refractivity contribution is 5.68. The van der Waals surface area contributed by atoms with Crippen molar-refractivity contribution < 1.29 is 9.53 Å². The van der Waals surface area contributed by atoms with Crippen molar-refractivity contribution >= 4 is 6.09 Å². The lowest BCUT2D eigenvalue weighted by Crippen LogP contribution is -2.37. The van der Waals surface area contributed by atoms with Crippen molar-refractivity contribution in [3.8, 4) is 0 Å². The minimum atomic E-state index is -0.262. The van der Waals surface area contributed by atoms with Crippen molar-refractivity contribution in [3.63, 3.8) is 0 Å². The average molecular weight is 297 g/mol. The molecule has 2 rings (SSSR count). The van der Waals surface area contributed by atoms with Gasteiger partial charge in [0.15, 0.2) is 0 Å². The maximum absolute atomic E-state index is 11.9. The number of carbonyl (C=O) groups excluding carboxylic acids is 1. The molecule has 3 heteroatoms. The molecule has 1 heterocycles. The first-order valence-corrected chi connectivity index (χ1v) is 7.76. The zero-order valence-electron chi connectivity index (χ0n) is 13.0. The third-order valence-corrected chi connectivity index (χ3v) is 3.80. The predicted molar refractivity (Wildman–Crippen MR) is 89.6 cm³/mol. The summed E-state index contributed by atoms with van der Waals surface area (Å²) >= 11 is 0. The van der Waals surface area contributed by atoms with Gasteiger partial charge in [-0.25, -0.2) is 4.79 Å². The van der Waals surface area contributed by atoms with Gasteiger partial charge in [0.1, 0.15) is 0 Å². The van der Waals surface area contributed by atoms with Crippen LogP contribution in [-0.2, 0) is 4.74 Å². The Balaban J connectivity index is 1.75. The van der Waals surface area contributed by atoms with E-state index in [-0.39, 0.29) is 6.09 Å². The number of hydrogen-bond donors (Lipinski definition) is 0. The Hall–Kier alpha value is -2.29. The average Bonchev–Trinajstić information content (AvgIpc) is 2.59. The number of rotatable bonds is 4. The van der Waals surface area contributed by atoms with E-state index in [9.17, 15) is 4.79 Å². The summed E-state index contributed by atoms with van der Waals surface area (Å²) in [6.45, 7) is 3.45. The van der Waals surface area contributed by atoms with Crippen LogP contribution < -0.4 is 0 Å². The van der Waals surface area contributed by atoms with Gasteiger partial charge in [0.2, 0.25) is 0 Å². The van der Waals surface area contributed by atoms with Gasteiger partial charge in [-0.3, -0.25) is 0 Å². The quantitative estimate of drug-likeness (QED) is 0.598. The SMILES string of the molecule is C\C=C/C=C\C=C\OC(=O)N1CCC(c2ccccc2)CC1. The van der Waals surface area contributed by atoms with E-state index < -0.39 is 0 Å². The van der Waals surface area contributed by atoms with Crippen LogP contribution in [0.2, 0.25) is 0 Å². The number of hydrogen-bond acceptors (Lipinski definition) is 2. The molecule has 22 heavy (non-hydrogen) atoms. The van der Waals surface area contributed by atoms with Crippen LogP contribution in [0.4, 0.5) is 4.79 Å². The van der Waals surface area contributed by atoms with E-state index in [0.29, 0.717) is 5.92 Å². The van der Waals surface area contributed by atoms with Crippen LogP contribution in [0.3, 0.4) is 0 Å². The van der Waals surface area contributed by atoms with Gasteiger partial charge in [-0.1, -0.05) is 54.6 Å². The van der Waals surface area contributed by atoms with Crippen LogP contribution in [0.15, 0.2) is 67.0 Å². The molecule has 0 aromatic heterocycles. The zero-order valence-corrected chi connectivity index (χ0v) is 13.0. The normalized spacial score (nSPS) is 16.9. The van der Waals surface area contributed by atoms with E-state index in [1.54, 1.807) is 11.0 Å². The number of nitrogens with zero attached hydrogens (tertiary/aromatic N) is 1. The molecule has 1 fully saturated rings. The van der Waals surface area contributed by atoms with Gasteiger partial charge in [-0.05, 0) is 37.3 Å². The topological polar surface area (TPSA) is 29.5 Å². The molecule has 0 bridgehead atoms. The van der Waals surface area contributed by atoms with Crippen LogP contribution in [0.1, 0.15) is 31.2 Å². The number of piperidine rings is 1. The Morgan fingerprint density at radius 3 is 2.45 bits per heavy atom. The highest BCUT2D eigenvalue weighted by Crippen LogP contribution is 2.27. The fraction of sp³-hybridized carbons (Fsp3) is 0.316. The first-order chi connectivity index (χ1) is 10.8. The van der Waals surface area contributed by atoms with Crippen LogP contribution >= 0.6 is 0 Å². The summed E-state index contributed by atoms with van der Waals surface area (Å²) in [4.78, 5) is 13.7.